The Bertz CT molecular complexity index is 721. The van der Waals surface area contributed by atoms with Crippen LogP contribution < -0.4 is 5.32 Å². The predicted molar refractivity (Wildman–Crippen MR) is 79.2 cm³/mol. The Hall–Kier alpha value is -2.14. The summed E-state index contributed by atoms with van der Waals surface area (Å²) < 4.78 is 13.3. The molecule has 0 aliphatic heterocycles. The molecule has 6 heteroatoms. The number of fused-ring (bicyclic) bond motifs is 1. The van der Waals surface area contributed by atoms with Crippen LogP contribution in [0.15, 0.2) is 36.4 Å². The van der Waals surface area contributed by atoms with Gasteiger partial charge in [-0.25, -0.2) is 0 Å². The average molecular weight is 307 g/mol. The number of halogens is 2. The molecule has 1 atom stereocenters. The number of nitro groups is 1. The van der Waals surface area contributed by atoms with Crippen LogP contribution in [0.3, 0.4) is 0 Å². The van der Waals surface area contributed by atoms with Crippen molar-refractivity contribution in [2.24, 2.45) is 0 Å². The van der Waals surface area contributed by atoms with E-state index in [1.54, 1.807) is 0 Å². The zero-order valence-corrected chi connectivity index (χ0v) is 11.7. The first-order valence-corrected chi connectivity index (χ1v) is 6.91. The first-order chi connectivity index (χ1) is 10.0. The Morgan fingerprint density at radius 3 is 2.86 bits per heavy atom. The fraction of sp³-hybridized carbons (Fsp3) is 0.200. The van der Waals surface area contributed by atoms with E-state index in [1.165, 1.54) is 17.7 Å². The lowest BCUT2D eigenvalue weighted by Crippen LogP contribution is -2.07. The highest BCUT2D eigenvalue weighted by molar-refractivity contribution is 6.30. The molecule has 3 rings (SSSR count). The van der Waals surface area contributed by atoms with E-state index in [0.29, 0.717) is 10.7 Å². The van der Waals surface area contributed by atoms with E-state index in [1.807, 2.05) is 18.2 Å². The normalized spacial score (nSPS) is 16.6. The summed E-state index contributed by atoms with van der Waals surface area (Å²) in [6.07, 6.45) is 1.78. The quantitative estimate of drug-likeness (QED) is 0.671. The minimum absolute atomic E-state index is 0.0577. The van der Waals surface area contributed by atoms with Gasteiger partial charge in [-0.15, -0.1) is 0 Å². The number of hydrogen-bond acceptors (Lipinski definition) is 3. The van der Waals surface area contributed by atoms with Gasteiger partial charge in [0.15, 0.2) is 0 Å². The number of nitrogens with one attached hydrogen (secondary N) is 1. The second-order valence-electron chi connectivity index (χ2n) is 5.00. The number of benzene rings is 2. The van der Waals surface area contributed by atoms with Gasteiger partial charge in [0.1, 0.15) is 0 Å². The van der Waals surface area contributed by atoms with Crippen LogP contribution in [0.25, 0.3) is 0 Å². The summed E-state index contributed by atoms with van der Waals surface area (Å²) >= 11 is 5.97. The van der Waals surface area contributed by atoms with Crippen molar-refractivity contribution in [2.75, 3.05) is 5.32 Å². The van der Waals surface area contributed by atoms with Crippen molar-refractivity contribution in [3.63, 3.8) is 0 Å². The largest absolute Gasteiger partial charge is 0.378 e. The lowest BCUT2D eigenvalue weighted by molar-refractivity contribution is -0.387. The van der Waals surface area contributed by atoms with Gasteiger partial charge in [0, 0.05) is 16.8 Å². The van der Waals surface area contributed by atoms with E-state index in [0.717, 1.165) is 24.5 Å². The van der Waals surface area contributed by atoms with E-state index in [9.17, 15) is 14.5 Å². The molecule has 21 heavy (non-hydrogen) atoms. The molecule has 2 aromatic carbocycles. The van der Waals surface area contributed by atoms with Crippen molar-refractivity contribution in [1.29, 1.82) is 0 Å². The van der Waals surface area contributed by atoms with Crippen LogP contribution in [0, 0.1) is 15.9 Å². The van der Waals surface area contributed by atoms with Gasteiger partial charge < -0.3 is 5.32 Å². The van der Waals surface area contributed by atoms with Crippen molar-refractivity contribution < 1.29 is 9.31 Å². The SMILES string of the molecule is O=[N+]([O-])c1cc(NC2CCc3cc(Cl)ccc32)ccc1F. The average Bonchev–Trinajstić information content (AvgIpc) is 2.83. The molecule has 0 radical (unpaired) electrons. The van der Waals surface area contributed by atoms with Gasteiger partial charge in [-0.05, 0) is 48.2 Å². The maximum absolute atomic E-state index is 13.3. The summed E-state index contributed by atoms with van der Waals surface area (Å²) in [5.74, 6) is -0.829. The molecule has 2 aromatic rings. The van der Waals surface area contributed by atoms with Crippen LogP contribution in [-0.4, -0.2) is 4.92 Å². The van der Waals surface area contributed by atoms with Crippen LogP contribution in [-0.2, 0) is 6.42 Å². The molecule has 0 spiro atoms. The highest BCUT2D eigenvalue weighted by atomic mass is 35.5. The Morgan fingerprint density at radius 1 is 1.29 bits per heavy atom. The van der Waals surface area contributed by atoms with Gasteiger partial charge in [0.2, 0.25) is 5.82 Å². The van der Waals surface area contributed by atoms with E-state index in [4.69, 9.17) is 11.6 Å². The summed E-state index contributed by atoms with van der Waals surface area (Å²) in [6.45, 7) is 0. The molecule has 1 unspecified atom stereocenters. The molecule has 0 bridgehead atoms. The number of nitrogens with zero attached hydrogens (tertiary/aromatic N) is 1. The fourth-order valence-electron chi connectivity index (χ4n) is 2.68. The van der Waals surface area contributed by atoms with Crippen molar-refractivity contribution in [2.45, 2.75) is 18.9 Å². The van der Waals surface area contributed by atoms with Gasteiger partial charge in [-0.2, -0.15) is 4.39 Å². The van der Waals surface area contributed by atoms with Crippen LogP contribution in [0.1, 0.15) is 23.6 Å². The molecule has 0 saturated heterocycles. The van der Waals surface area contributed by atoms with Crippen LogP contribution in [0.5, 0.6) is 0 Å². The van der Waals surface area contributed by atoms with E-state index in [2.05, 4.69) is 5.32 Å². The Labute approximate surface area is 125 Å². The van der Waals surface area contributed by atoms with Crippen LogP contribution >= 0.6 is 11.6 Å². The highest BCUT2D eigenvalue weighted by Crippen LogP contribution is 2.36. The number of aryl methyl sites for hydroxylation is 1. The number of nitro benzene ring substituents is 1. The second-order valence-corrected chi connectivity index (χ2v) is 5.44. The Balaban J connectivity index is 1.86. The molecule has 108 valence electrons. The third kappa shape index (κ3) is 2.69. The van der Waals surface area contributed by atoms with Crippen molar-refractivity contribution >= 4 is 23.0 Å². The number of anilines is 1. The highest BCUT2D eigenvalue weighted by Gasteiger charge is 2.23. The smallest absolute Gasteiger partial charge is 0.306 e. The topological polar surface area (TPSA) is 55.2 Å². The monoisotopic (exact) mass is 306 g/mol. The minimum Gasteiger partial charge on any atom is -0.378 e. The minimum atomic E-state index is -0.829. The molecule has 0 amide bonds. The van der Waals surface area contributed by atoms with Gasteiger partial charge in [-0.1, -0.05) is 17.7 Å². The molecule has 1 aliphatic carbocycles. The zero-order chi connectivity index (χ0) is 15.0. The van der Waals surface area contributed by atoms with Gasteiger partial charge in [0.25, 0.3) is 0 Å². The maximum Gasteiger partial charge on any atom is 0.306 e. The predicted octanol–water partition coefficient (Wildman–Crippen LogP) is 4.49. The molecule has 0 fully saturated rings. The van der Waals surface area contributed by atoms with Crippen molar-refractivity contribution in [1.82, 2.24) is 0 Å². The summed E-state index contributed by atoms with van der Waals surface area (Å²) in [6, 6.07) is 9.62. The third-order valence-corrected chi connectivity index (χ3v) is 3.90. The molecular weight excluding hydrogens is 295 g/mol. The first kappa shape index (κ1) is 13.8. The summed E-state index contributed by atoms with van der Waals surface area (Å²) in [4.78, 5) is 10.1. The summed E-state index contributed by atoms with van der Waals surface area (Å²) in [7, 11) is 0. The molecule has 1 N–H and O–H groups in total. The molecular formula is C15H12ClFN2O2. The number of hydrogen-bond donors (Lipinski definition) is 1. The summed E-state index contributed by atoms with van der Waals surface area (Å²) in [5.41, 5.74) is 2.33. The van der Waals surface area contributed by atoms with Gasteiger partial charge in [0.05, 0.1) is 11.0 Å². The number of rotatable bonds is 3. The maximum atomic E-state index is 13.3. The van der Waals surface area contributed by atoms with E-state index in [-0.39, 0.29) is 6.04 Å². The van der Waals surface area contributed by atoms with Crippen LogP contribution in [0.2, 0.25) is 5.02 Å². The first-order valence-electron chi connectivity index (χ1n) is 6.53. The van der Waals surface area contributed by atoms with Crippen molar-refractivity contribution in [3.05, 3.63) is 68.5 Å². The lowest BCUT2D eigenvalue weighted by Gasteiger charge is -2.15. The van der Waals surface area contributed by atoms with Gasteiger partial charge >= 0.3 is 5.69 Å². The van der Waals surface area contributed by atoms with Crippen molar-refractivity contribution in [3.8, 4) is 0 Å². The zero-order valence-electron chi connectivity index (χ0n) is 11.0. The Morgan fingerprint density at radius 2 is 2.10 bits per heavy atom. The fourth-order valence-corrected chi connectivity index (χ4v) is 2.87. The lowest BCUT2D eigenvalue weighted by atomic mass is 10.1. The molecule has 0 saturated carbocycles. The third-order valence-electron chi connectivity index (χ3n) is 3.67. The summed E-state index contributed by atoms with van der Waals surface area (Å²) in [5, 5.41) is 14.7. The van der Waals surface area contributed by atoms with Gasteiger partial charge in [-0.3, -0.25) is 10.1 Å². The molecule has 0 aromatic heterocycles. The Kier molecular flexibility index (Phi) is 3.51. The van der Waals surface area contributed by atoms with E-state index >= 15 is 0 Å². The molecule has 4 nitrogen and oxygen atoms in total. The van der Waals surface area contributed by atoms with Crippen LogP contribution in [0.4, 0.5) is 15.8 Å². The molecule has 0 heterocycles. The molecule has 1 aliphatic rings. The standard InChI is InChI=1S/C15H12ClFN2O2/c16-10-2-4-12-9(7-10)1-6-14(12)18-11-3-5-13(17)15(8-11)19(20)21/h2-5,7-8,14,18H,1,6H2. The second kappa shape index (κ2) is 5.33. The van der Waals surface area contributed by atoms with E-state index < -0.39 is 16.4 Å².